The maximum Gasteiger partial charge on any atom is 0.251 e. The van der Waals surface area contributed by atoms with Gasteiger partial charge < -0.3 is 15.4 Å². The zero-order valence-corrected chi connectivity index (χ0v) is 19.5. The van der Waals surface area contributed by atoms with Gasteiger partial charge in [-0.15, -0.1) is 5.10 Å². The summed E-state index contributed by atoms with van der Waals surface area (Å²) in [5, 5.41) is 11.1. The van der Waals surface area contributed by atoms with Crippen molar-refractivity contribution in [3.8, 4) is 17.0 Å². The Kier molecular flexibility index (Phi) is 6.16. The fourth-order valence-electron chi connectivity index (χ4n) is 4.45. The molecule has 1 fully saturated rings. The van der Waals surface area contributed by atoms with E-state index in [0.29, 0.717) is 11.5 Å². The van der Waals surface area contributed by atoms with Gasteiger partial charge in [0.25, 0.3) is 5.91 Å². The molecule has 4 aromatic rings. The topological polar surface area (TPSA) is 80.5 Å². The number of nitrogens with zero attached hydrogens (tertiary/aromatic N) is 3. The van der Waals surface area contributed by atoms with E-state index < -0.39 is 0 Å². The summed E-state index contributed by atoms with van der Waals surface area (Å²) in [5.74, 6) is 2.05. The average Bonchev–Trinajstić information content (AvgIpc) is 3.28. The smallest absolute Gasteiger partial charge is 0.251 e. The molecule has 2 N–H and O–H groups in total. The van der Waals surface area contributed by atoms with Crippen LogP contribution >= 0.6 is 0 Å². The molecule has 0 aliphatic heterocycles. The molecule has 1 saturated carbocycles. The molecule has 2 heterocycles. The number of pyridine rings is 1. The molecule has 34 heavy (non-hydrogen) atoms. The van der Waals surface area contributed by atoms with Gasteiger partial charge in [0.2, 0.25) is 5.95 Å². The van der Waals surface area contributed by atoms with Gasteiger partial charge in [-0.2, -0.15) is 4.98 Å². The van der Waals surface area contributed by atoms with Crippen LogP contribution in [0.5, 0.6) is 5.75 Å². The number of amides is 1. The first kappa shape index (κ1) is 21.9. The number of rotatable bonds is 6. The van der Waals surface area contributed by atoms with Crippen LogP contribution in [-0.2, 0) is 0 Å². The predicted molar refractivity (Wildman–Crippen MR) is 134 cm³/mol. The Labute approximate surface area is 199 Å². The first-order valence-corrected chi connectivity index (χ1v) is 11.8. The van der Waals surface area contributed by atoms with E-state index in [1.165, 1.54) is 12.8 Å². The minimum atomic E-state index is -0.0129. The number of aromatic nitrogens is 3. The van der Waals surface area contributed by atoms with E-state index in [4.69, 9.17) is 4.74 Å². The number of hydrogen-bond donors (Lipinski definition) is 2. The highest BCUT2D eigenvalue weighted by Gasteiger charge is 2.20. The molecule has 1 aliphatic carbocycles. The summed E-state index contributed by atoms with van der Waals surface area (Å²) in [5.41, 5.74) is 4.18. The summed E-state index contributed by atoms with van der Waals surface area (Å²) in [7, 11) is 1.65. The molecule has 0 saturated heterocycles. The van der Waals surface area contributed by atoms with Gasteiger partial charge in [0, 0.05) is 22.9 Å². The van der Waals surface area contributed by atoms with Gasteiger partial charge in [-0.05, 0) is 92.3 Å². The number of benzene rings is 2. The molecule has 0 bridgehead atoms. The highest BCUT2D eigenvalue weighted by molar-refractivity contribution is 5.94. The van der Waals surface area contributed by atoms with Gasteiger partial charge >= 0.3 is 0 Å². The molecule has 1 amide bonds. The quantitative estimate of drug-likeness (QED) is 0.404. The molecule has 0 unspecified atom stereocenters. The fourth-order valence-corrected chi connectivity index (χ4v) is 4.45. The van der Waals surface area contributed by atoms with E-state index in [1.807, 2.05) is 71.2 Å². The molecular formula is C27H29N5O2. The van der Waals surface area contributed by atoms with Crippen molar-refractivity contribution in [3.63, 3.8) is 0 Å². The van der Waals surface area contributed by atoms with Crippen LogP contribution in [-0.4, -0.2) is 33.7 Å². The number of ether oxygens (including phenoxy) is 1. The van der Waals surface area contributed by atoms with Crippen molar-refractivity contribution in [1.82, 2.24) is 19.9 Å². The molecule has 5 rings (SSSR count). The zero-order valence-electron chi connectivity index (χ0n) is 19.5. The number of nitrogens with one attached hydrogen (secondary N) is 2. The first-order valence-electron chi connectivity index (χ1n) is 11.8. The largest absolute Gasteiger partial charge is 0.497 e. The van der Waals surface area contributed by atoms with Gasteiger partial charge in [-0.3, -0.25) is 4.79 Å². The van der Waals surface area contributed by atoms with Crippen molar-refractivity contribution in [3.05, 3.63) is 72.3 Å². The molecule has 2 aromatic heterocycles. The third-order valence-electron chi connectivity index (χ3n) is 6.50. The van der Waals surface area contributed by atoms with Crippen molar-refractivity contribution in [2.75, 3.05) is 12.4 Å². The minimum absolute atomic E-state index is 0.0129. The van der Waals surface area contributed by atoms with Gasteiger partial charge in [-0.25, -0.2) is 4.52 Å². The number of carbonyl (C=O) groups excluding carboxylic acids is 1. The predicted octanol–water partition coefficient (Wildman–Crippen LogP) is 5.46. The fraction of sp³-hybridized carbons (Fsp3) is 0.296. The van der Waals surface area contributed by atoms with Crippen LogP contribution in [0.4, 0.5) is 11.6 Å². The van der Waals surface area contributed by atoms with Crippen LogP contribution in [0.25, 0.3) is 16.9 Å². The summed E-state index contributed by atoms with van der Waals surface area (Å²) in [4.78, 5) is 17.2. The van der Waals surface area contributed by atoms with Crippen molar-refractivity contribution in [1.29, 1.82) is 0 Å². The zero-order chi connectivity index (χ0) is 23.5. The second-order valence-corrected chi connectivity index (χ2v) is 8.98. The Morgan fingerprint density at radius 2 is 1.71 bits per heavy atom. The number of anilines is 2. The Bertz CT molecular complexity index is 1270. The van der Waals surface area contributed by atoms with Crippen LogP contribution in [0.1, 0.15) is 43.0 Å². The van der Waals surface area contributed by atoms with Gasteiger partial charge in [0.05, 0.1) is 12.8 Å². The van der Waals surface area contributed by atoms with Crippen molar-refractivity contribution < 1.29 is 9.53 Å². The molecule has 2 aromatic carbocycles. The number of hydrogen-bond acceptors (Lipinski definition) is 5. The summed E-state index contributed by atoms with van der Waals surface area (Å²) in [6.45, 7) is 2.28. The molecule has 0 atom stereocenters. The molecule has 0 radical (unpaired) electrons. The molecule has 1 aliphatic rings. The molecular weight excluding hydrogens is 426 g/mol. The lowest BCUT2D eigenvalue weighted by Crippen LogP contribution is -2.37. The van der Waals surface area contributed by atoms with E-state index in [1.54, 1.807) is 7.11 Å². The van der Waals surface area contributed by atoms with E-state index in [-0.39, 0.29) is 11.9 Å². The molecule has 0 spiro atoms. The van der Waals surface area contributed by atoms with Crippen molar-refractivity contribution in [2.24, 2.45) is 5.92 Å². The SMILES string of the molecule is COc1ccc(-c2cccc3nc(Nc4ccc(C(=O)NC5CCC(C)CC5)cc4)nn23)cc1. The van der Waals surface area contributed by atoms with E-state index in [2.05, 4.69) is 27.6 Å². The Balaban J connectivity index is 1.29. The van der Waals surface area contributed by atoms with E-state index in [9.17, 15) is 4.79 Å². The van der Waals surface area contributed by atoms with Crippen LogP contribution in [0.3, 0.4) is 0 Å². The van der Waals surface area contributed by atoms with Gasteiger partial charge in [0.1, 0.15) is 5.75 Å². The lowest BCUT2D eigenvalue weighted by Gasteiger charge is -2.26. The number of methoxy groups -OCH3 is 1. The second kappa shape index (κ2) is 9.55. The maximum atomic E-state index is 12.6. The Hall–Kier alpha value is -3.87. The van der Waals surface area contributed by atoms with E-state index >= 15 is 0 Å². The lowest BCUT2D eigenvalue weighted by atomic mass is 9.87. The Morgan fingerprint density at radius 1 is 0.971 bits per heavy atom. The van der Waals surface area contributed by atoms with Crippen LogP contribution in [0.15, 0.2) is 66.7 Å². The Morgan fingerprint density at radius 3 is 2.41 bits per heavy atom. The standard InChI is InChI=1S/C27H29N5O2/c1-18-6-12-21(13-7-18)28-26(33)20-8-14-22(15-9-20)29-27-30-25-5-3-4-24(32(25)31-27)19-10-16-23(34-2)17-11-19/h3-5,8-11,14-18,21H,6-7,12-13H2,1-2H3,(H,28,33)(H,29,31). The molecule has 7 heteroatoms. The average molecular weight is 456 g/mol. The maximum absolute atomic E-state index is 12.6. The highest BCUT2D eigenvalue weighted by Crippen LogP contribution is 2.25. The number of fused-ring (bicyclic) bond motifs is 1. The molecule has 174 valence electrons. The third kappa shape index (κ3) is 4.73. The minimum Gasteiger partial charge on any atom is -0.497 e. The van der Waals surface area contributed by atoms with Crippen molar-refractivity contribution in [2.45, 2.75) is 38.6 Å². The summed E-state index contributed by atoms with van der Waals surface area (Å²) in [6, 6.07) is 21.5. The van der Waals surface area contributed by atoms with E-state index in [0.717, 1.165) is 47.1 Å². The highest BCUT2D eigenvalue weighted by atomic mass is 16.5. The van der Waals surface area contributed by atoms with Crippen molar-refractivity contribution >= 4 is 23.2 Å². The van der Waals surface area contributed by atoms with Crippen LogP contribution < -0.4 is 15.4 Å². The summed E-state index contributed by atoms with van der Waals surface area (Å²) < 4.78 is 7.07. The van der Waals surface area contributed by atoms with Crippen LogP contribution in [0.2, 0.25) is 0 Å². The summed E-state index contributed by atoms with van der Waals surface area (Å²) in [6.07, 6.45) is 4.48. The van der Waals surface area contributed by atoms with Gasteiger partial charge in [-0.1, -0.05) is 13.0 Å². The third-order valence-corrected chi connectivity index (χ3v) is 6.50. The first-order chi connectivity index (χ1) is 16.6. The number of carbonyl (C=O) groups is 1. The monoisotopic (exact) mass is 455 g/mol. The summed E-state index contributed by atoms with van der Waals surface area (Å²) >= 11 is 0. The molecule has 7 nitrogen and oxygen atoms in total. The normalized spacial score (nSPS) is 17.9. The van der Waals surface area contributed by atoms with Crippen LogP contribution in [0, 0.1) is 5.92 Å². The second-order valence-electron chi connectivity index (χ2n) is 8.98. The van der Waals surface area contributed by atoms with Gasteiger partial charge in [0.15, 0.2) is 5.65 Å². The lowest BCUT2D eigenvalue weighted by molar-refractivity contribution is 0.0923.